The van der Waals surface area contributed by atoms with Crippen molar-refractivity contribution in [3.8, 4) is 0 Å². The molecule has 84 valence electrons. The van der Waals surface area contributed by atoms with Gasteiger partial charge in [-0.3, -0.25) is 0 Å². The van der Waals surface area contributed by atoms with Gasteiger partial charge in [0, 0.05) is 0 Å². The molecule has 6 aliphatic carbocycles. The van der Waals surface area contributed by atoms with Crippen LogP contribution in [0.5, 0.6) is 0 Å². The van der Waals surface area contributed by atoms with Crippen LogP contribution >= 0.6 is 0 Å². The van der Waals surface area contributed by atoms with Gasteiger partial charge in [-0.2, -0.15) is 4.91 Å². The van der Waals surface area contributed by atoms with Gasteiger partial charge in [-0.05, 0) is 77.9 Å². The quantitative estimate of drug-likeness (QED) is 0.651. The molecule has 0 N–H and O–H groups in total. The van der Waals surface area contributed by atoms with E-state index in [2.05, 4.69) is 5.18 Å². The number of rotatable bonds is 2. The van der Waals surface area contributed by atoms with Crippen LogP contribution in [0.1, 0.15) is 25.7 Å². The average molecular weight is 215 g/mol. The largest absolute Gasteiger partial charge is 0.151 e. The summed E-state index contributed by atoms with van der Waals surface area (Å²) in [6, 6.07) is 0. The van der Waals surface area contributed by atoms with Crippen molar-refractivity contribution in [3.05, 3.63) is 4.91 Å². The van der Waals surface area contributed by atoms with Crippen molar-refractivity contribution in [1.82, 2.24) is 0 Å². The number of fused-ring (bicyclic) bond motifs is 2. The molecular weight excluding hydrogens is 198 g/mol. The van der Waals surface area contributed by atoms with E-state index in [1.54, 1.807) is 12.8 Å². The van der Waals surface area contributed by atoms with Crippen molar-refractivity contribution in [1.29, 1.82) is 0 Å². The molecule has 9 unspecified atom stereocenters. The molecule has 6 aliphatic rings. The van der Waals surface area contributed by atoms with Crippen LogP contribution in [-0.2, 0) is 0 Å². The fourth-order valence-corrected chi connectivity index (χ4v) is 8.32. The van der Waals surface area contributed by atoms with E-state index < -0.39 is 0 Å². The second-order valence-corrected chi connectivity index (χ2v) is 7.80. The Labute approximate surface area is 95.1 Å². The molecule has 0 aromatic carbocycles. The molecule has 6 saturated carbocycles. The molecule has 0 bridgehead atoms. The van der Waals surface area contributed by atoms with Crippen LogP contribution in [0.15, 0.2) is 5.18 Å². The summed E-state index contributed by atoms with van der Waals surface area (Å²) in [5.41, 5.74) is 1.27. The van der Waals surface area contributed by atoms with Gasteiger partial charge < -0.3 is 0 Å². The van der Waals surface area contributed by atoms with Crippen LogP contribution in [0.25, 0.3) is 0 Å². The second kappa shape index (κ2) is 1.81. The van der Waals surface area contributed by atoms with Gasteiger partial charge in [0.25, 0.3) is 0 Å². The Bertz CT molecular complexity index is 448. The van der Waals surface area contributed by atoms with E-state index >= 15 is 0 Å². The lowest BCUT2D eigenvalue weighted by Crippen LogP contribution is -2.67. The molecule has 1 spiro atoms. The maximum atomic E-state index is 10.7. The topological polar surface area (TPSA) is 29.4 Å². The van der Waals surface area contributed by atoms with Gasteiger partial charge in [-0.1, -0.05) is 5.18 Å². The summed E-state index contributed by atoms with van der Waals surface area (Å²) in [7, 11) is 0. The van der Waals surface area contributed by atoms with Gasteiger partial charge >= 0.3 is 0 Å². The number of hydrogen-bond donors (Lipinski definition) is 0. The van der Waals surface area contributed by atoms with E-state index in [0.717, 1.165) is 40.9 Å². The van der Waals surface area contributed by atoms with Crippen LogP contribution in [-0.4, -0.2) is 6.54 Å². The number of nitroso groups, excluding NO2 is 1. The maximum absolute atomic E-state index is 10.7. The normalized spacial score (nSPS) is 78.6. The van der Waals surface area contributed by atoms with Crippen molar-refractivity contribution >= 4 is 0 Å². The molecule has 0 aliphatic heterocycles. The van der Waals surface area contributed by atoms with Crippen molar-refractivity contribution in [3.63, 3.8) is 0 Å². The van der Waals surface area contributed by atoms with Crippen LogP contribution < -0.4 is 0 Å². The molecule has 0 amide bonds. The lowest BCUT2D eigenvalue weighted by atomic mass is 9.34. The van der Waals surface area contributed by atoms with Gasteiger partial charge in [-0.15, -0.1) is 0 Å². The molecule has 2 nitrogen and oxygen atoms in total. The predicted octanol–water partition coefficient (Wildman–Crippen LogP) is 2.68. The summed E-state index contributed by atoms with van der Waals surface area (Å²) in [5.74, 6) is 7.56. The summed E-state index contributed by atoms with van der Waals surface area (Å²) in [6.45, 7) is 0.652. The van der Waals surface area contributed by atoms with Gasteiger partial charge in [0.05, 0.1) is 6.54 Å². The smallest absolute Gasteiger partial charge is 0.0870 e. The van der Waals surface area contributed by atoms with Crippen molar-refractivity contribution in [2.24, 2.45) is 57.4 Å². The summed E-state index contributed by atoms with van der Waals surface area (Å²) < 4.78 is 0. The first kappa shape index (κ1) is 7.84. The van der Waals surface area contributed by atoms with Crippen molar-refractivity contribution in [2.75, 3.05) is 6.54 Å². The molecule has 0 saturated heterocycles. The third-order valence-electron chi connectivity index (χ3n) is 8.20. The number of hydrogen-bond acceptors (Lipinski definition) is 2. The van der Waals surface area contributed by atoms with Crippen LogP contribution in [0.3, 0.4) is 0 Å². The van der Waals surface area contributed by atoms with Crippen molar-refractivity contribution in [2.45, 2.75) is 25.7 Å². The highest BCUT2D eigenvalue weighted by Crippen LogP contribution is 2.96. The highest BCUT2D eigenvalue weighted by Gasteiger charge is 2.92. The van der Waals surface area contributed by atoms with E-state index in [1.807, 2.05) is 0 Å². The molecule has 6 rings (SSSR count). The monoisotopic (exact) mass is 215 g/mol. The third-order valence-corrected chi connectivity index (χ3v) is 8.20. The first-order chi connectivity index (χ1) is 7.83. The van der Waals surface area contributed by atoms with E-state index in [9.17, 15) is 4.91 Å². The molecule has 0 heterocycles. The minimum atomic E-state index is 0.431. The molecule has 0 aromatic rings. The SMILES string of the molecule is O=NCC12CC3C4C5CCC6(C(C1)C2C36)C54. The van der Waals surface area contributed by atoms with Crippen LogP contribution in [0.4, 0.5) is 0 Å². The molecule has 2 heteroatoms. The molecule has 6 fully saturated rings. The van der Waals surface area contributed by atoms with Gasteiger partial charge in [0.2, 0.25) is 0 Å². The molecular formula is C14H17NO. The Morgan fingerprint density at radius 3 is 2.94 bits per heavy atom. The highest BCUT2D eigenvalue weighted by molar-refractivity contribution is 5.39. The minimum Gasteiger partial charge on any atom is -0.151 e. The molecule has 16 heavy (non-hydrogen) atoms. The Hall–Kier alpha value is -0.400. The molecule has 0 radical (unpaired) electrons. The Balaban J connectivity index is 1.53. The fourth-order valence-electron chi connectivity index (χ4n) is 8.32. The first-order valence-electron chi connectivity index (χ1n) is 7.13. The van der Waals surface area contributed by atoms with Crippen molar-refractivity contribution < 1.29 is 0 Å². The maximum Gasteiger partial charge on any atom is 0.0870 e. The lowest BCUT2D eigenvalue weighted by Gasteiger charge is -2.70. The molecule has 0 aromatic heterocycles. The van der Waals surface area contributed by atoms with Gasteiger partial charge in [0.1, 0.15) is 0 Å². The highest BCUT2D eigenvalue weighted by atomic mass is 16.3. The zero-order chi connectivity index (χ0) is 10.3. The van der Waals surface area contributed by atoms with E-state index in [-0.39, 0.29) is 0 Å². The van der Waals surface area contributed by atoms with Gasteiger partial charge in [0.15, 0.2) is 0 Å². The van der Waals surface area contributed by atoms with Gasteiger partial charge in [-0.25, -0.2) is 0 Å². The zero-order valence-electron chi connectivity index (χ0n) is 9.43. The summed E-state index contributed by atoms with van der Waals surface area (Å²) in [6.07, 6.45) is 5.90. The minimum absolute atomic E-state index is 0.431. The van der Waals surface area contributed by atoms with E-state index in [1.165, 1.54) is 18.8 Å². The first-order valence-corrected chi connectivity index (χ1v) is 7.13. The summed E-state index contributed by atoms with van der Waals surface area (Å²) in [4.78, 5) is 10.7. The van der Waals surface area contributed by atoms with E-state index in [4.69, 9.17) is 0 Å². The summed E-state index contributed by atoms with van der Waals surface area (Å²) in [5, 5.41) is 3.28. The standard InChI is InChI=1S/C14H17NO/c16-15-5-13-3-7-9-6-1-2-14(10(6)9)8(4-13)12(13)11(7)14/h6-12H,1-5H2. The van der Waals surface area contributed by atoms with E-state index in [0.29, 0.717) is 12.0 Å². The second-order valence-electron chi connectivity index (χ2n) is 7.80. The van der Waals surface area contributed by atoms with Crippen LogP contribution in [0, 0.1) is 57.2 Å². The van der Waals surface area contributed by atoms with Crippen LogP contribution in [0.2, 0.25) is 0 Å². The predicted molar refractivity (Wildman–Crippen MR) is 58.4 cm³/mol. The summed E-state index contributed by atoms with van der Waals surface area (Å²) >= 11 is 0. The lowest BCUT2D eigenvalue weighted by molar-refractivity contribution is -0.231. The third kappa shape index (κ3) is 0.446. The number of nitrogens with zero attached hydrogens (tertiary/aromatic N) is 1. The Morgan fingerprint density at radius 1 is 1.12 bits per heavy atom. The average Bonchev–Trinajstić information content (AvgIpc) is 2.72. The fraction of sp³-hybridized carbons (Fsp3) is 1.00. The Morgan fingerprint density at radius 2 is 2.06 bits per heavy atom. The zero-order valence-corrected chi connectivity index (χ0v) is 9.43. The Kier molecular flexibility index (Phi) is 0.888. The molecule has 9 atom stereocenters.